The van der Waals surface area contributed by atoms with Crippen molar-refractivity contribution >= 4 is 6.08 Å². The van der Waals surface area contributed by atoms with Crippen LogP contribution in [-0.2, 0) is 0 Å². The molecule has 0 nitrogen and oxygen atoms in total. The highest BCUT2D eigenvalue weighted by Crippen LogP contribution is 2.18. The molecule has 0 aliphatic rings. The summed E-state index contributed by atoms with van der Waals surface area (Å²) < 4.78 is 0. The summed E-state index contributed by atoms with van der Waals surface area (Å²) in [6, 6.07) is 4.46. The third-order valence-corrected chi connectivity index (χ3v) is 3.62. The van der Waals surface area contributed by atoms with E-state index in [-0.39, 0.29) is 0 Å². The molecule has 1 rings (SSSR count). The maximum absolute atomic E-state index is 2.33. The van der Waals surface area contributed by atoms with Gasteiger partial charge in [-0.3, -0.25) is 0 Å². The van der Waals surface area contributed by atoms with Crippen LogP contribution in [0.3, 0.4) is 0 Å². The summed E-state index contributed by atoms with van der Waals surface area (Å²) in [5.41, 5.74) is 5.62. The lowest BCUT2D eigenvalue weighted by Gasteiger charge is -2.07. The van der Waals surface area contributed by atoms with Crippen LogP contribution in [0, 0.1) is 20.8 Å². The Labute approximate surface area is 107 Å². The van der Waals surface area contributed by atoms with E-state index in [1.165, 1.54) is 54.4 Å². The molecule has 0 saturated carbocycles. The number of rotatable bonds is 6. The molecule has 0 radical (unpaired) electrons. The quantitative estimate of drug-likeness (QED) is 0.558. The van der Waals surface area contributed by atoms with Crippen LogP contribution in [0.1, 0.15) is 61.3 Å². The second kappa shape index (κ2) is 7.32. The zero-order valence-electron chi connectivity index (χ0n) is 11.8. The van der Waals surface area contributed by atoms with Crippen LogP contribution in [0.5, 0.6) is 0 Å². The normalized spacial score (nSPS) is 11.3. The SMILES string of the molecule is CCCCCCC=Cc1ccc(C)c(C)c1C. The van der Waals surface area contributed by atoms with Crippen LogP contribution in [0.15, 0.2) is 18.2 Å². The summed E-state index contributed by atoms with van der Waals surface area (Å²) in [6.45, 7) is 8.87. The molecule has 0 heterocycles. The molecule has 0 bridgehead atoms. The highest BCUT2D eigenvalue weighted by Gasteiger charge is 2.00. The number of allylic oxidation sites excluding steroid dienone is 1. The van der Waals surface area contributed by atoms with Gasteiger partial charge in [-0.25, -0.2) is 0 Å². The lowest BCUT2D eigenvalue weighted by molar-refractivity contribution is 0.675. The van der Waals surface area contributed by atoms with Crippen molar-refractivity contribution < 1.29 is 0 Å². The molecule has 0 fully saturated rings. The summed E-state index contributed by atoms with van der Waals surface area (Å²) in [6.07, 6.45) is 11.2. The number of hydrogen-bond acceptors (Lipinski definition) is 0. The Hall–Kier alpha value is -1.04. The first kappa shape index (κ1) is 14.0. The molecule has 0 atom stereocenters. The second-order valence-electron chi connectivity index (χ2n) is 4.97. The predicted molar refractivity (Wildman–Crippen MR) is 78.4 cm³/mol. The average Bonchev–Trinajstić information content (AvgIpc) is 2.33. The number of benzene rings is 1. The molecule has 0 N–H and O–H groups in total. The molecule has 0 spiro atoms. The fourth-order valence-electron chi connectivity index (χ4n) is 2.06. The third-order valence-electron chi connectivity index (χ3n) is 3.62. The van der Waals surface area contributed by atoms with E-state index in [0.29, 0.717) is 0 Å². The first-order valence-electron chi connectivity index (χ1n) is 6.90. The van der Waals surface area contributed by atoms with Gasteiger partial charge in [-0.1, -0.05) is 50.5 Å². The van der Waals surface area contributed by atoms with Crippen LogP contribution in [0.2, 0.25) is 0 Å². The van der Waals surface area contributed by atoms with E-state index in [1.54, 1.807) is 0 Å². The molecule has 94 valence electrons. The smallest absolute Gasteiger partial charge is 0.0228 e. The van der Waals surface area contributed by atoms with Gasteiger partial charge in [0.1, 0.15) is 0 Å². The Morgan fingerprint density at radius 3 is 2.41 bits per heavy atom. The van der Waals surface area contributed by atoms with E-state index in [2.05, 4.69) is 52.0 Å². The van der Waals surface area contributed by atoms with Gasteiger partial charge in [0.2, 0.25) is 0 Å². The van der Waals surface area contributed by atoms with E-state index in [9.17, 15) is 0 Å². The lowest BCUT2D eigenvalue weighted by atomic mass is 9.98. The van der Waals surface area contributed by atoms with Crippen LogP contribution in [-0.4, -0.2) is 0 Å². The molecular weight excluding hydrogens is 204 g/mol. The maximum atomic E-state index is 2.33. The van der Waals surface area contributed by atoms with E-state index >= 15 is 0 Å². The second-order valence-corrected chi connectivity index (χ2v) is 4.97. The molecule has 1 aromatic rings. The van der Waals surface area contributed by atoms with Crippen molar-refractivity contribution in [1.29, 1.82) is 0 Å². The molecule has 0 aromatic heterocycles. The van der Waals surface area contributed by atoms with Crippen molar-refractivity contribution in [2.24, 2.45) is 0 Å². The van der Waals surface area contributed by atoms with Crippen molar-refractivity contribution in [3.8, 4) is 0 Å². The Bertz CT molecular complexity index is 372. The molecule has 0 aliphatic heterocycles. The largest absolute Gasteiger partial charge is 0.0839 e. The van der Waals surface area contributed by atoms with E-state index < -0.39 is 0 Å². The average molecular weight is 230 g/mol. The van der Waals surface area contributed by atoms with Gasteiger partial charge >= 0.3 is 0 Å². The number of hydrogen-bond donors (Lipinski definition) is 0. The number of aryl methyl sites for hydroxylation is 1. The zero-order valence-corrected chi connectivity index (χ0v) is 11.8. The topological polar surface area (TPSA) is 0 Å². The van der Waals surface area contributed by atoms with Crippen molar-refractivity contribution in [3.05, 3.63) is 40.5 Å². The van der Waals surface area contributed by atoms with Gasteiger partial charge in [0.05, 0.1) is 0 Å². The van der Waals surface area contributed by atoms with Gasteiger partial charge < -0.3 is 0 Å². The predicted octanol–water partition coefficient (Wildman–Crippen LogP) is 5.60. The molecule has 0 amide bonds. The standard InChI is InChI=1S/C17H26/c1-5-6-7-8-9-10-11-17-13-12-14(2)15(3)16(17)4/h10-13H,5-9H2,1-4H3. The number of unbranched alkanes of at least 4 members (excludes halogenated alkanes) is 4. The molecule has 0 saturated heterocycles. The van der Waals surface area contributed by atoms with Crippen LogP contribution < -0.4 is 0 Å². The fourth-order valence-corrected chi connectivity index (χ4v) is 2.06. The molecular formula is C17H26. The highest BCUT2D eigenvalue weighted by atomic mass is 14.1. The van der Waals surface area contributed by atoms with Crippen molar-refractivity contribution in [2.75, 3.05) is 0 Å². The van der Waals surface area contributed by atoms with Crippen molar-refractivity contribution in [1.82, 2.24) is 0 Å². The Morgan fingerprint density at radius 2 is 1.71 bits per heavy atom. The molecule has 0 aliphatic carbocycles. The van der Waals surface area contributed by atoms with E-state index in [1.807, 2.05) is 0 Å². The highest BCUT2D eigenvalue weighted by molar-refractivity contribution is 5.56. The third kappa shape index (κ3) is 4.38. The van der Waals surface area contributed by atoms with E-state index in [4.69, 9.17) is 0 Å². The minimum Gasteiger partial charge on any atom is -0.0839 e. The summed E-state index contributed by atoms with van der Waals surface area (Å²) >= 11 is 0. The van der Waals surface area contributed by atoms with Gasteiger partial charge in [0, 0.05) is 0 Å². The minimum atomic E-state index is 1.21. The Balaban J connectivity index is 2.51. The molecule has 0 unspecified atom stereocenters. The Kier molecular flexibility index (Phi) is 6.04. The van der Waals surface area contributed by atoms with Crippen molar-refractivity contribution in [2.45, 2.75) is 59.8 Å². The summed E-state index contributed by atoms with van der Waals surface area (Å²) in [7, 11) is 0. The fraction of sp³-hybridized carbons (Fsp3) is 0.529. The monoisotopic (exact) mass is 230 g/mol. The van der Waals surface area contributed by atoms with Crippen molar-refractivity contribution in [3.63, 3.8) is 0 Å². The minimum absolute atomic E-state index is 1.21. The van der Waals surface area contributed by atoms with Crippen LogP contribution >= 0.6 is 0 Å². The summed E-state index contributed by atoms with van der Waals surface area (Å²) in [5, 5.41) is 0. The summed E-state index contributed by atoms with van der Waals surface area (Å²) in [4.78, 5) is 0. The molecule has 0 heteroatoms. The van der Waals surface area contributed by atoms with Crippen LogP contribution in [0.25, 0.3) is 6.08 Å². The molecule has 17 heavy (non-hydrogen) atoms. The lowest BCUT2D eigenvalue weighted by Crippen LogP contribution is -1.89. The van der Waals surface area contributed by atoms with Crippen LogP contribution in [0.4, 0.5) is 0 Å². The van der Waals surface area contributed by atoms with Gasteiger partial charge in [0.25, 0.3) is 0 Å². The summed E-state index contributed by atoms with van der Waals surface area (Å²) in [5.74, 6) is 0. The zero-order chi connectivity index (χ0) is 12.7. The van der Waals surface area contributed by atoms with Gasteiger partial charge in [-0.2, -0.15) is 0 Å². The van der Waals surface area contributed by atoms with Gasteiger partial charge in [-0.15, -0.1) is 0 Å². The maximum Gasteiger partial charge on any atom is -0.0228 e. The van der Waals surface area contributed by atoms with Gasteiger partial charge in [-0.05, 0) is 55.9 Å². The molecule has 1 aromatic carbocycles. The first-order valence-corrected chi connectivity index (χ1v) is 6.90. The Morgan fingerprint density at radius 1 is 0.941 bits per heavy atom. The van der Waals surface area contributed by atoms with Gasteiger partial charge in [0.15, 0.2) is 0 Å². The first-order chi connectivity index (χ1) is 8.16. The van der Waals surface area contributed by atoms with E-state index in [0.717, 1.165) is 0 Å².